The molecule has 2 atom stereocenters. The van der Waals surface area contributed by atoms with E-state index >= 15 is 0 Å². The van der Waals surface area contributed by atoms with Gasteiger partial charge >= 0.3 is 0 Å². The van der Waals surface area contributed by atoms with Crippen molar-refractivity contribution < 1.29 is 0 Å². The van der Waals surface area contributed by atoms with Crippen LogP contribution in [-0.4, -0.2) is 22.0 Å². The first-order chi connectivity index (χ1) is 10.2. The van der Waals surface area contributed by atoms with Crippen LogP contribution in [0.3, 0.4) is 0 Å². The summed E-state index contributed by atoms with van der Waals surface area (Å²) in [6, 6.07) is 0. The van der Waals surface area contributed by atoms with Gasteiger partial charge in [-0.05, 0) is 17.9 Å². The van der Waals surface area contributed by atoms with Crippen molar-refractivity contribution in [3.8, 4) is 0 Å². The highest BCUT2D eigenvalue weighted by Gasteiger charge is 2.36. The Morgan fingerprint density at radius 3 is 1.57 bits per heavy atom. The van der Waals surface area contributed by atoms with Gasteiger partial charge in [0.15, 0.2) is 0 Å². The first-order valence-electron chi connectivity index (χ1n) is 6.74. The van der Waals surface area contributed by atoms with Crippen molar-refractivity contribution in [2.24, 2.45) is 0 Å². The summed E-state index contributed by atoms with van der Waals surface area (Å²) >= 11 is 16.4. The van der Waals surface area contributed by atoms with Crippen LogP contribution in [0.4, 0.5) is 0 Å². The summed E-state index contributed by atoms with van der Waals surface area (Å²) in [5, 5.41) is 1.50. The Kier molecular flexibility index (Phi) is 5.57. The summed E-state index contributed by atoms with van der Waals surface area (Å²) in [5.41, 5.74) is 0. The van der Waals surface area contributed by atoms with Gasteiger partial charge in [0.05, 0.1) is 25.4 Å². The molecule has 2 saturated heterocycles. The largest absolute Gasteiger partial charge is 0.118 e. The number of thioether (sulfide) groups is 8. The first-order valence-corrected chi connectivity index (χ1v) is 13.7. The van der Waals surface area contributed by atoms with E-state index < -0.39 is 0 Å². The summed E-state index contributed by atoms with van der Waals surface area (Å²) < 4.78 is 9.31. The molecule has 0 spiro atoms. The molecule has 4 aliphatic rings. The molecule has 4 aliphatic heterocycles. The summed E-state index contributed by atoms with van der Waals surface area (Å²) in [5.74, 6) is 2.60. The van der Waals surface area contributed by atoms with Crippen LogP contribution < -0.4 is 0 Å². The van der Waals surface area contributed by atoms with E-state index in [0.29, 0.717) is 0 Å². The minimum absolute atomic E-state index is 0.752. The molecule has 0 aromatic carbocycles. The molecular formula is C13H14S8. The molecule has 0 bridgehead atoms. The summed E-state index contributed by atoms with van der Waals surface area (Å²) in [4.78, 5) is 0. The first kappa shape index (κ1) is 16.5. The molecule has 114 valence electrons. The van der Waals surface area contributed by atoms with Crippen molar-refractivity contribution in [1.29, 1.82) is 0 Å². The highest BCUT2D eigenvalue weighted by molar-refractivity contribution is 8.49. The second-order valence-corrected chi connectivity index (χ2v) is 15.4. The summed E-state index contributed by atoms with van der Waals surface area (Å²) in [6.45, 7) is 4.70. The molecule has 8 heteroatoms. The van der Waals surface area contributed by atoms with Gasteiger partial charge < -0.3 is 0 Å². The number of rotatable bonds is 0. The maximum absolute atomic E-state index is 2.35. The van der Waals surface area contributed by atoms with Gasteiger partial charge in [-0.2, -0.15) is 0 Å². The normalized spacial score (nSPS) is 33.4. The third-order valence-corrected chi connectivity index (χ3v) is 15.7. The van der Waals surface area contributed by atoms with Crippen LogP contribution >= 0.6 is 94.1 Å². The van der Waals surface area contributed by atoms with Crippen molar-refractivity contribution in [2.45, 2.75) is 30.8 Å². The molecule has 0 nitrogen and oxygen atoms in total. The van der Waals surface area contributed by atoms with Gasteiger partial charge in [0, 0.05) is 10.5 Å². The molecule has 0 aliphatic carbocycles. The van der Waals surface area contributed by atoms with Gasteiger partial charge in [0.25, 0.3) is 0 Å². The average molecular weight is 427 g/mol. The summed E-state index contributed by atoms with van der Waals surface area (Å²) in [7, 11) is 0. The lowest BCUT2D eigenvalue weighted by Gasteiger charge is -2.15. The fourth-order valence-electron chi connectivity index (χ4n) is 1.95. The topological polar surface area (TPSA) is 0 Å². The molecule has 2 fully saturated rings. The minimum atomic E-state index is 0.752. The monoisotopic (exact) mass is 426 g/mol. The Bertz CT molecular complexity index is 519. The molecule has 0 aromatic heterocycles. The van der Waals surface area contributed by atoms with E-state index in [1.165, 1.54) is 26.4 Å². The maximum atomic E-state index is 2.35. The quantitative estimate of drug-likeness (QED) is 0.386. The zero-order chi connectivity index (χ0) is 14.4. The molecule has 0 saturated carbocycles. The van der Waals surface area contributed by atoms with E-state index in [1.54, 1.807) is 16.9 Å². The van der Waals surface area contributed by atoms with E-state index in [1.807, 2.05) is 47.0 Å². The van der Waals surface area contributed by atoms with E-state index in [9.17, 15) is 0 Å². The van der Waals surface area contributed by atoms with Crippen LogP contribution in [0.2, 0.25) is 0 Å². The lowest BCUT2D eigenvalue weighted by Crippen LogP contribution is -2.04. The molecule has 4 rings (SSSR count). The maximum Gasteiger partial charge on any atom is 0.0718 e. The highest BCUT2D eigenvalue weighted by atomic mass is 32.3. The van der Waals surface area contributed by atoms with Crippen molar-refractivity contribution >= 4 is 94.1 Å². The molecule has 0 amide bonds. The van der Waals surface area contributed by atoms with Gasteiger partial charge in [-0.3, -0.25) is 0 Å². The molecular weight excluding hydrogens is 413 g/mol. The molecule has 0 N–H and O–H groups in total. The average Bonchev–Trinajstić information content (AvgIpc) is 3.13. The Balaban J connectivity index is 1.46. The van der Waals surface area contributed by atoms with Gasteiger partial charge in [0.2, 0.25) is 0 Å². The fourth-order valence-corrected chi connectivity index (χ4v) is 14.8. The Labute approximate surface area is 160 Å². The van der Waals surface area contributed by atoms with Crippen molar-refractivity contribution in [3.63, 3.8) is 0 Å². The molecule has 0 aromatic rings. The second-order valence-electron chi connectivity index (χ2n) is 4.83. The Hall–Kier alpha value is 2.02. The van der Waals surface area contributed by atoms with Crippen molar-refractivity contribution in [3.05, 3.63) is 25.4 Å². The fraction of sp³-hybridized carbons (Fsp3) is 0.538. The summed E-state index contributed by atoms with van der Waals surface area (Å²) in [6.07, 6.45) is 1.36. The zero-order valence-corrected chi connectivity index (χ0v) is 18.1. The van der Waals surface area contributed by atoms with Gasteiger partial charge in [-0.1, -0.05) is 60.9 Å². The van der Waals surface area contributed by atoms with E-state index in [4.69, 9.17) is 0 Å². The predicted octanol–water partition coefficient (Wildman–Crippen LogP) is 7.45. The smallest absolute Gasteiger partial charge is 0.0718 e. The lowest BCUT2D eigenvalue weighted by atomic mass is 10.4. The van der Waals surface area contributed by atoms with E-state index in [0.717, 1.165) is 10.5 Å². The van der Waals surface area contributed by atoms with Gasteiger partial charge in [-0.15, -0.1) is 47.0 Å². The van der Waals surface area contributed by atoms with E-state index in [-0.39, 0.29) is 0 Å². The van der Waals surface area contributed by atoms with Crippen molar-refractivity contribution in [1.82, 2.24) is 0 Å². The van der Waals surface area contributed by atoms with Gasteiger partial charge in [0.1, 0.15) is 0 Å². The number of hydrogen-bond donors (Lipinski definition) is 0. The molecule has 0 unspecified atom stereocenters. The zero-order valence-electron chi connectivity index (χ0n) is 11.5. The second kappa shape index (κ2) is 7.10. The third kappa shape index (κ3) is 3.53. The standard InChI is InChI=1S/C13H14S8/c1-6-7(2)17-10(16-6)11-20-12-13(21-11)19-9(18-12)8-14-4-3-5-15-8/h6-7H,3-5H2,1-2H3/t6-,7-/m0/s1. The van der Waals surface area contributed by atoms with Crippen molar-refractivity contribution in [2.75, 3.05) is 11.5 Å². The van der Waals surface area contributed by atoms with Crippen LogP contribution in [-0.2, 0) is 0 Å². The van der Waals surface area contributed by atoms with Gasteiger partial charge in [-0.25, -0.2) is 0 Å². The molecule has 21 heavy (non-hydrogen) atoms. The van der Waals surface area contributed by atoms with Crippen LogP contribution in [0.15, 0.2) is 25.4 Å². The Morgan fingerprint density at radius 1 is 0.619 bits per heavy atom. The van der Waals surface area contributed by atoms with Crippen LogP contribution in [0, 0.1) is 0 Å². The minimum Gasteiger partial charge on any atom is -0.118 e. The Morgan fingerprint density at radius 2 is 1.05 bits per heavy atom. The highest BCUT2D eigenvalue weighted by Crippen LogP contribution is 2.70. The SMILES string of the molecule is C[C@@H]1SC(=C2SC3=C(SC(=C4SCCCS4)S3)S2)S[C@H]1C. The number of hydrogen-bond acceptors (Lipinski definition) is 8. The van der Waals surface area contributed by atoms with Crippen LogP contribution in [0.5, 0.6) is 0 Å². The van der Waals surface area contributed by atoms with Crippen LogP contribution in [0.1, 0.15) is 20.3 Å². The third-order valence-electron chi connectivity index (χ3n) is 3.24. The van der Waals surface area contributed by atoms with E-state index in [2.05, 4.69) is 60.9 Å². The molecule has 4 heterocycles. The van der Waals surface area contributed by atoms with Crippen LogP contribution in [0.25, 0.3) is 0 Å². The lowest BCUT2D eigenvalue weighted by molar-refractivity contribution is 0.941. The molecule has 0 radical (unpaired) electrons. The predicted molar refractivity (Wildman–Crippen MR) is 115 cm³/mol.